The number of carbonyl (C=O) groups is 3. The second kappa shape index (κ2) is 37.6. The first kappa shape index (κ1) is 46.3. The number of rotatable bonds is 32. The highest BCUT2D eigenvalue weighted by Gasteiger charge is 2.04. The third kappa shape index (κ3) is 44.3. The number of carbonyl (C=O) groups excluding carboxylic acids is 2. The molecule has 4 N–H and O–H groups in total. The molecule has 0 spiro atoms. The third-order valence-electron chi connectivity index (χ3n) is 8.05. The highest BCUT2D eigenvalue weighted by Crippen LogP contribution is 2.14. The molecule has 274 valence electrons. The smallest absolute Gasteiger partial charge is 0.404 e. The van der Waals surface area contributed by atoms with Crippen molar-refractivity contribution in [1.29, 1.82) is 0 Å². The van der Waals surface area contributed by atoms with Gasteiger partial charge in [0.2, 0.25) is 0 Å². The van der Waals surface area contributed by atoms with E-state index in [4.69, 9.17) is 20.3 Å². The Hall–Kier alpha value is -1.83. The van der Waals surface area contributed by atoms with Crippen LogP contribution in [-0.2, 0) is 19.1 Å². The summed E-state index contributed by atoms with van der Waals surface area (Å²) in [7, 11) is 0. The van der Waals surface area contributed by atoms with Crippen LogP contribution in [0.2, 0.25) is 0 Å². The minimum Gasteiger partial charge on any atom is -0.466 e. The average Bonchev–Trinajstić information content (AvgIpc) is 3.00. The van der Waals surface area contributed by atoms with Crippen LogP contribution in [0.4, 0.5) is 4.79 Å². The summed E-state index contributed by atoms with van der Waals surface area (Å²) in [6, 6.07) is 0. The highest BCUT2D eigenvalue weighted by atomic mass is 16.5. The van der Waals surface area contributed by atoms with Crippen molar-refractivity contribution in [3.63, 3.8) is 0 Å². The van der Waals surface area contributed by atoms with Gasteiger partial charge in [-0.15, -0.1) is 0 Å². The van der Waals surface area contributed by atoms with Gasteiger partial charge < -0.3 is 25.6 Å². The van der Waals surface area contributed by atoms with Gasteiger partial charge in [-0.25, -0.2) is 4.79 Å². The summed E-state index contributed by atoms with van der Waals surface area (Å²) in [5, 5.41) is 10.7. The van der Waals surface area contributed by atoms with E-state index in [-0.39, 0.29) is 11.9 Å². The molecule has 46 heavy (non-hydrogen) atoms. The first-order valence-electron chi connectivity index (χ1n) is 19.2. The van der Waals surface area contributed by atoms with Gasteiger partial charge in [-0.3, -0.25) is 9.59 Å². The predicted octanol–water partition coefficient (Wildman–Crippen LogP) is 10.3. The number of hydrogen-bond acceptors (Lipinski definition) is 6. The third-order valence-corrected chi connectivity index (χ3v) is 8.05. The van der Waals surface area contributed by atoms with Crippen LogP contribution in [0.3, 0.4) is 0 Å². The first-order valence-corrected chi connectivity index (χ1v) is 19.2. The van der Waals surface area contributed by atoms with Crippen molar-refractivity contribution in [2.24, 2.45) is 17.6 Å². The fourth-order valence-corrected chi connectivity index (χ4v) is 5.13. The maximum atomic E-state index is 11.5. The van der Waals surface area contributed by atoms with Gasteiger partial charge in [0.1, 0.15) is 0 Å². The molecule has 8 nitrogen and oxygen atoms in total. The molecule has 0 saturated carbocycles. The van der Waals surface area contributed by atoms with E-state index in [2.05, 4.69) is 33.0 Å². The molecule has 0 saturated heterocycles. The van der Waals surface area contributed by atoms with Crippen molar-refractivity contribution in [3.8, 4) is 0 Å². The maximum absolute atomic E-state index is 11.5. The summed E-state index contributed by atoms with van der Waals surface area (Å²) in [6.07, 6.45) is 27.1. The van der Waals surface area contributed by atoms with E-state index in [1.807, 2.05) is 0 Å². The summed E-state index contributed by atoms with van der Waals surface area (Å²) in [6.45, 7) is 11.4. The molecule has 0 bridgehead atoms. The quantitative estimate of drug-likeness (QED) is 0.0485. The Bertz CT molecular complexity index is 672. The van der Waals surface area contributed by atoms with E-state index in [1.54, 1.807) is 0 Å². The lowest BCUT2D eigenvalue weighted by molar-refractivity contribution is -0.144. The Morgan fingerprint density at radius 2 is 0.870 bits per heavy atom. The fourth-order valence-electron chi connectivity index (χ4n) is 5.13. The van der Waals surface area contributed by atoms with Crippen molar-refractivity contribution in [1.82, 2.24) is 5.32 Å². The number of carboxylic acid groups (broad SMARTS) is 1. The Balaban J connectivity index is 0. The summed E-state index contributed by atoms with van der Waals surface area (Å²) in [5.74, 6) is 1.49. The number of hydrogen-bond donors (Lipinski definition) is 3. The van der Waals surface area contributed by atoms with Crippen LogP contribution >= 0.6 is 0 Å². The molecule has 0 unspecified atom stereocenters. The summed E-state index contributed by atoms with van der Waals surface area (Å²) < 4.78 is 10.4. The molecule has 0 heterocycles. The van der Waals surface area contributed by atoms with E-state index >= 15 is 0 Å². The SMILES string of the molecule is CC(C)CCCCCCCCCCOC(=O)CCCCCNC(=O)O.CC(C)CCCCCCCCCCOC(=O)CCCCN. The van der Waals surface area contributed by atoms with Crippen LogP contribution in [0.5, 0.6) is 0 Å². The molecule has 0 aliphatic carbocycles. The molecule has 0 aromatic carbocycles. The van der Waals surface area contributed by atoms with Gasteiger partial charge in [-0.2, -0.15) is 0 Å². The summed E-state index contributed by atoms with van der Waals surface area (Å²) in [4.78, 5) is 33.1. The average molecular weight is 657 g/mol. The Kier molecular flexibility index (Phi) is 37.9. The standard InChI is InChI=1S/C20H39NO4.C18H37NO2/c1-18(2)14-10-7-5-3-4-6-8-13-17-25-19(22)15-11-9-12-16-21-20(23)24;1-17(2)13-9-7-5-3-4-6-8-12-16-21-18(20)14-10-11-15-19/h18,21H,3-17H2,1-2H3,(H,23,24);17H,3-16,19H2,1-2H3. The number of ether oxygens (including phenoxy) is 2. The largest absolute Gasteiger partial charge is 0.466 e. The topological polar surface area (TPSA) is 128 Å². The zero-order valence-electron chi connectivity index (χ0n) is 30.7. The van der Waals surface area contributed by atoms with Crippen LogP contribution < -0.4 is 11.1 Å². The molecule has 1 amide bonds. The minimum atomic E-state index is -0.995. The van der Waals surface area contributed by atoms with Crippen LogP contribution in [-0.4, -0.2) is 49.4 Å². The maximum Gasteiger partial charge on any atom is 0.404 e. The van der Waals surface area contributed by atoms with Crippen LogP contribution in [0.25, 0.3) is 0 Å². The van der Waals surface area contributed by atoms with Gasteiger partial charge in [-0.05, 0) is 56.9 Å². The van der Waals surface area contributed by atoms with Gasteiger partial charge in [-0.1, -0.05) is 137 Å². The molecular formula is C38H76N2O6. The molecule has 0 rings (SSSR count). The number of esters is 2. The molecule has 0 fully saturated rings. The van der Waals surface area contributed by atoms with Crippen molar-refractivity contribution >= 4 is 18.0 Å². The van der Waals surface area contributed by atoms with Crippen LogP contribution in [0.1, 0.15) is 188 Å². The molecule has 0 aromatic heterocycles. The summed E-state index contributed by atoms with van der Waals surface area (Å²) >= 11 is 0. The zero-order valence-corrected chi connectivity index (χ0v) is 30.7. The van der Waals surface area contributed by atoms with Crippen molar-refractivity contribution in [2.45, 2.75) is 188 Å². The second-order valence-electron chi connectivity index (χ2n) is 13.8. The van der Waals surface area contributed by atoms with E-state index in [0.717, 1.165) is 63.2 Å². The summed E-state index contributed by atoms with van der Waals surface area (Å²) in [5.41, 5.74) is 5.38. The number of amides is 1. The monoisotopic (exact) mass is 657 g/mol. The normalized spacial score (nSPS) is 10.9. The van der Waals surface area contributed by atoms with E-state index in [9.17, 15) is 14.4 Å². The lowest BCUT2D eigenvalue weighted by atomic mass is 10.0. The van der Waals surface area contributed by atoms with E-state index < -0.39 is 6.09 Å². The first-order chi connectivity index (χ1) is 22.2. The Morgan fingerprint density at radius 3 is 1.24 bits per heavy atom. The number of nitrogens with two attached hydrogens (primary N) is 1. The lowest BCUT2D eigenvalue weighted by Gasteiger charge is -2.06. The minimum absolute atomic E-state index is 0.0615. The van der Waals surface area contributed by atoms with Gasteiger partial charge >= 0.3 is 18.0 Å². The van der Waals surface area contributed by atoms with Crippen LogP contribution in [0, 0.1) is 11.8 Å². The van der Waals surface area contributed by atoms with Crippen molar-refractivity contribution < 1.29 is 29.0 Å². The Morgan fingerprint density at radius 1 is 0.522 bits per heavy atom. The van der Waals surface area contributed by atoms with Gasteiger partial charge in [0.15, 0.2) is 0 Å². The molecule has 0 radical (unpaired) electrons. The lowest BCUT2D eigenvalue weighted by Crippen LogP contribution is -2.21. The molecular weight excluding hydrogens is 580 g/mol. The highest BCUT2D eigenvalue weighted by molar-refractivity contribution is 5.69. The predicted molar refractivity (Wildman–Crippen MR) is 192 cm³/mol. The zero-order chi connectivity index (χ0) is 34.5. The van der Waals surface area contributed by atoms with Gasteiger partial charge in [0.05, 0.1) is 13.2 Å². The molecule has 0 aliphatic rings. The number of nitrogens with one attached hydrogen (secondary N) is 1. The van der Waals surface area contributed by atoms with Crippen molar-refractivity contribution in [3.05, 3.63) is 0 Å². The molecule has 8 heteroatoms. The molecule has 0 atom stereocenters. The second-order valence-corrected chi connectivity index (χ2v) is 13.8. The molecule has 0 aromatic rings. The van der Waals surface area contributed by atoms with E-state index in [1.165, 1.54) is 96.3 Å². The van der Waals surface area contributed by atoms with E-state index in [0.29, 0.717) is 39.1 Å². The number of unbranched alkanes of at least 4 members (excludes halogenated alkanes) is 17. The molecule has 0 aliphatic heterocycles. The van der Waals surface area contributed by atoms with Gasteiger partial charge in [0, 0.05) is 19.4 Å². The van der Waals surface area contributed by atoms with Gasteiger partial charge in [0.25, 0.3) is 0 Å². The Labute approximate surface area is 284 Å². The van der Waals surface area contributed by atoms with Crippen LogP contribution in [0.15, 0.2) is 0 Å². The fraction of sp³-hybridized carbons (Fsp3) is 0.921. The van der Waals surface area contributed by atoms with Crippen molar-refractivity contribution in [2.75, 3.05) is 26.3 Å².